The summed E-state index contributed by atoms with van der Waals surface area (Å²) in [5.41, 5.74) is 3.53. The fourth-order valence-electron chi connectivity index (χ4n) is 6.51. The van der Waals surface area contributed by atoms with Gasteiger partial charge in [0.1, 0.15) is 12.1 Å². The zero-order valence-corrected chi connectivity index (χ0v) is 20.7. The molecule has 2 heteroatoms. The highest BCUT2D eigenvalue weighted by Crippen LogP contribution is 2.36. The average molecular weight is 433 g/mol. The molecule has 0 heterocycles. The zero-order chi connectivity index (χ0) is 22.8. The Morgan fingerprint density at radius 3 is 1.19 bits per heavy atom. The third-order valence-electron chi connectivity index (χ3n) is 8.57. The Labute approximate surface area is 197 Å². The normalized spacial score (nSPS) is 25.8. The minimum atomic E-state index is 0.663. The Bertz CT molecular complexity index is 713. The molecule has 1 aromatic carbocycles. The Kier molecular flexibility index (Phi) is 10.1. The van der Waals surface area contributed by atoms with Crippen molar-refractivity contribution < 1.29 is 0 Å². The molecule has 2 saturated carbocycles. The van der Waals surface area contributed by atoms with Crippen LogP contribution in [0.3, 0.4) is 0 Å². The SMILES string of the molecule is CCC[C@H]1CC[C@H](CCc2ccc(CC[C@H]3CC[C@H](CCC)CC3)c(C#N)c2C#N)CC1. The molecule has 0 spiro atoms. The molecule has 0 unspecified atom stereocenters. The molecule has 3 rings (SSSR count). The summed E-state index contributed by atoms with van der Waals surface area (Å²) in [5, 5.41) is 19.8. The van der Waals surface area contributed by atoms with Crippen LogP contribution in [0.1, 0.15) is 126 Å². The van der Waals surface area contributed by atoms with E-state index in [9.17, 15) is 10.5 Å². The van der Waals surface area contributed by atoms with E-state index < -0.39 is 0 Å². The van der Waals surface area contributed by atoms with Gasteiger partial charge in [0.15, 0.2) is 0 Å². The standard InChI is InChI=1S/C30H44N2/c1-3-5-23-7-11-25(12-8-23)15-17-27-19-20-28(30(22-32)29(27)21-31)18-16-26-13-9-24(6-4-2)10-14-26/h19-20,23-26H,3-18H2,1-2H3/t23-,24-,25-,26-. The highest BCUT2D eigenvalue weighted by atomic mass is 14.3. The summed E-state index contributed by atoms with van der Waals surface area (Å²) in [6.07, 6.45) is 20.5. The Hall–Kier alpha value is -1.80. The van der Waals surface area contributed by atoms with Gasteiger partial charge >= 0.3 is 0 Å². The highest BCUT2D eigenvalue weighted by Gasteiger charge is 2.23. The fraction of sp³-hybridized carbons (Fsp3) is 0.733. The second-order valence-electron chi connectivity index (χ2n) is 10.8. The van der Waals surface area contributed by atoms with Gasteiger partial charge in [-0.05, 0) is 60.5 Å². The Morgan fingerprint density at radius 2 is 0.906 bits per heavy atom. The molecule has 0 bridgehead atoms. The van der Waals surface area contributed by atoms with E-state index in [-0.39, 0.29) is 0 Å². The number of hydrogen-bond donors (Lipinski definition) is 0. The summed E-state index contributed by atoms with van der Waals surface area (Å²) in [4.78, 5) is 0. The zero-order valence-electron chi connectivity index (χ0n) is 20.7. The minimum Gasteiger partial charge on any atom is -0.192 e. The van der Waals surface area contributed by atoms with Crippen LogP contribution in [0, 0.1) is 46.3 Å². The molecule has 0 amide bonds. The third-order valence-corrected chi connectivity index (χ3v) is 8.57. The van der Waals surface area contributed by atoms with E-state index in [0.29, 0.717) is 11.1 Å². The smallest absolute Gasteiger partial charge is 0.101 e. The maximum atomic E-state index is 9.88. The monoisotopic (exact) mass is 432 g/mol. The van der Waals surface area contributed by atoms with Crippen LogP contribution in [0.25, 0.3) is 0 Å². The Balaban J connectivity index is 1.55. The minimum absolute atomic E-state index is 0.663. The number of aryl methyl sites for hydroxylation is 2. The molecule has 0 N–H and O–H groups in total. The molecule has 2 nitrogen and oxygen atoms in total. The lowest BCUT2D eigenvalue weighted by Crippen LogP contribution is -2.16. The van der Waals surface area contributed by atoms with Crippen molar-refractivity contribution in [2.45, 2.75) is 117 Å². The van der Waals surface area contributed by atoms with Crippen molar-refractivity contribution >= 4 is 0 Å². The predicted molar refractivity (Wildman–Crippen MR) is 133 cm³/mol. The molecule has 1 aromatic rings. The van der Waals surface area contributed by atoms with Crippen LogP contribution in [0.2, 0.25) is 0 Å². The van der Waals surface area contributed by atoms with Crippen LogP contribution in [0.5, 0.6) is 0 Å². The predicted octanol–water partition coefficient (Wildman–Crippen LogP) is 8.51. The van der Waals surface area contributed by atoms with Gasteiger partial charge < -0.3 is 0 Å². The number of benzene rings is 1. The van der Waals surface area contributed by atoms with Crippen LogP contribution >= 0.6 is 0 Å². The maximum absolute atomic E-state index is 9.88. The molecule has 0 radical (unpaired) electrons. The van der Waals surface area contributed by atoms with Gasteiger partial charge in [-0.15, -0.1) is 0 Å². The first-order valence-electron chi connectivity index (χ1n) is 13.6. The summed E-state index contributed by atoms with van der Waals surface area (Å²) >= 11 is 0. The van der Waals surface area contributed by atoms with Crippen molar-refractivity contribution in [3.05, 3.63) is 34.4 Å². The van der Waals surface area contributed by atoms with Gasteiger partial charge in [-0.25, -0.2) is 0 Å². The highest BCUT2D eigenvalue weighted by molar-refractivity contribution is 5.54. The van der Waals surface area contributed by atoms with Crippen LogP contribution in [0.15, 0.2) is 12.1 Å². The van der Waals surface area contributed by atoms with Gasteiger partial charge in [-0.3, -0.25) is 0 Å². The van der Waals surface area contributed by atoms with Crippen molar-refractivity contribution in [2.24, 2.45) is 23.7 Å². The van der Waals surface area contributed by atoms with Gasteiger partial charge in [0.05, 0.1) is 11.1 Å². The van der Waals surface area contributed by atoms with Crippen LogP contribution in [-0.2, 0) is 12.8 Å². The molecule has 2 aliphatic carbocycles. The van der Waals surface area contributed by atoms with Gasteiger partial charge in [0.25, 0.3) is 0 Å². The molecule has 0 aliphatic heterocycles. The molecule has 2 aliphatic rings. The van der Waals surface area contributed by atoms with E-state index in [1.165, 1.54) is 89.9 Å². The van der Waals surface area contributed by atoms with Crippen LogP contribution in [0.4, 0.5) is 0 Å². The van der Waals surface area contributed by atoms with Gasteiger partial charge in [0, 0.05) is 0 Å². The quantitative estimate of drug-likeness (QED) is 0.372. The molecule has 0 saturated heterocycles. The number of nitriles is 2. The summed E-state index contributed by atoms with van der Waals surface area (Å²) in [6, 6.07) is 9.13. The van der Waals surface area contributed by atoms with Gasteiger partial charge in [0.2, 0.25) is 0 Å². The second-order valence-corrected chi connectivity index (χ2v) is 10.8. The molecular formula is C30H44N2. The molecule has 32 heavy (non-hydrogen) atoms. The summed E-state index contributed by atoms with van der Waals surface area (Å²) in [5.74, 6) is 3.47. The fourth-order valence-corrected chi connectivity index (χ4v) is 6.51. The molecule has 0 atom stereocenters. The average Bonchev–Trinajstić information content (AvgIpc) is 2.83. The maximum Gasteiger partial charge on any atom is 0.101 e. The first kappa shape index (κ1) is 24.8. The third kappa shape index (κ3) is 6.85. The van der Waals surface area contributed by atoms with Crippen LogP contribution < -0.4 is 0 Å². The summed E-state index contributed by atoms with van der Waals surface area (Å²) in [7, 11) is 0. The second kappa shape index (κ2) is 13.0. The van der Waals surface area contributed by atoms with Crippen molar-refractivity contribution in [3.63, 3.8) is 0 Å². The lowest BCUT2D eigenvalue weighted by atomic mass is 9.77. The van der Waals surface area contributed by atoms with Crippen molar-refractivity contribution in [1.82, 2.24) is 0 Å². The largest absolute Gasteiger partial charge is 0.192 e. The van der Waals surface area contributed by atoms with E-state index in [1.807, 2.05) is 0 Å². The van der Waals surface area contributed by atoms with Crippen molar-refractivity contribution in [2.75, 3.05) is 0 Å². The lowest BCUT2D eigenvalue weighted by molar-refractivity contribution is 0.252. The number of nitrogens with zero attached hydrogens (tertiary/aromatic N) is 2. The first-order chi connectivity index (χ1) is 15.7. The topological polar surface area (TPSA) is 47.6 Å². The van der Waals surface area contributed by atoms with E-state index in [2.05, 4.69) is 38.1 Å². The lowest BCUT2D eigenvalue weighted by Gasteiger charge is -2.28. The number of rotatable bonds is 10. The number of hydrogen-bond acceptors (Lipinski definition) is 2. The van der Waals surface area contributed by atoms with Crippen molar-refractivity contribution in [1.29, 1.82) is 10.5 Å². The molecule has 2 fully saturated rings. The molecular weight excluding hydrogens is 388 g/mol. The van der Waals surface area contributed by atoms with E-state index in [4.69, 9.17) is 0 Å². The molecule has 174 valence electrons. The van der Waals surface area contributed by atoms with E-state index >= 15 is 0 Å². The van der Waals surface area contributed by atoms with Gasteiger partial charge in [-0.2, -0.15) is 10.5 Å². The van der Waals surface area contributed by atoms with Crippen molar-refractivity contribution in [3.8, 4) is 12.1 Å². The van der Waals surface area contributed by atoms with Crippen LogP contribution in [-0.4, -0.2) is 0 Å². The van der Waals surface area contributed by atoms with E-state index in [1.54, 1.807) is 0 Å². The first-order valence-corrected chi connectivity index (χ1v) is 13.6. The Morgan fingerprint density at radius 1 is 0.594 bits per heavy atom. The van der Waals surface area contributed by atoms with Gasteiger partial charge in [-0.1, -0.05) is 103 Å². The molecule has 0 aromatic heterocycles. The van der Waals surface area contributed by atoms with E-state index in [0.717, 1.165) is 47.6 Å². The summed E-state index contributed by atoms with van der Waals surface area (Å²) in [6.45, 7) is 4.59. The summed E-state index contributed by atoms with van der Waals surface area (Å²) < 4.78 is 0.